The summed E-state index contributed by atoms with van der Waals surface area (Å²) >= 11 is 0. The third-order valence-corrected chi connectivity index (χ3v) is 2.34. The van der Waals surface area contributed by atoms with E-state index in [9.17, 15) is 4.39 Å². The summed E-state index contributed by atoms with van der Waals surface area (Å²) < 4.78 is 18.3. The van der Waals surface area contributed by atoms with Crippen molar-refractivity contribution >= 4 is 0 Å². The topological polar surface area (TPSA) is 35.2 Å². The van der Waals surface area contributed by atoms with Gasteiger partial charge in [-0.25, -0.2) is 4.39 Å². The molecule has 84 valence electrons. The molecule has 1 aromatic rings. The molecule has 0 bridgehead atoms. The maximum absolute atomic E-state index is 12.9. The van der Waals surface area contributed by atoms with Crippen LogP contribution in [0.3, 0.4) is 0 Å². The van der Waals surface area contributed by atoms with E-state index < -0.39 is 6.17 Å². The van der Waals surface area contributed by atoms with Crippen LogP contribution < -0.4 is 10.5 Å². The molecule has 0 fully saturated rings. The van der Waals surface area contributed by atoms with E-state index in [1.54, 1.807) is 6.92 Å². The Bertz CT molecular complexity index is 314. The summed E-state index contributed by atoms with van der Waals surface area (Å²) in [5.41, 5.74) is 7.58. The molecular formula is C12H18FNO. The molecule has 1 rings (SSSR count). The van der Waals surface area contributed by atoms with Gasteiger partial charge in [0.05, 0.1) is 0 Å². The highest BCUT2D eigenvalue weighted by Gasteiger charge is 2.06. The Morgan fingerprint density at radius 1 is 1.47 bits per heavy atom. The number of aryl methyl sites for hydroxylation is 1. The molecule has 0 saturated heterocycles. The maximum Gasteiger partial charge on any atom is 0.134 e. The average Bonchev–Trinajstić information content (AvgIpc) is 2.26. The van der Waals surface area contributed by atoms with Crippen molar-refractivity contribution in [1.29, 1.82) is 0 Å². The molecule has 1 aromatic carbocycles. The van der Waals surface area contributed by atoms with Crippen LogP contribution >= 0.6 is 0 Å². The Hall–Kier alpha value is -1.09. The van der Waals surface area contributed by atoms with Crippen molar-refractivity contribution in [1.82, 2.24) is 0 Å². The molecule has 0 aliphatic heterocycles. The van der Waals surface area contributed by atoms with Gasteiger partial charge in [-0.15, -0.1) is 0 Å². The monoisotopic (exact) mass is 211 g/mol. The Morgan fingerprint density at radius 3 is 2.73 bits per heavy atom. The molecule has 15 heavy (non-hydrogen) atoms. The van der Waals surface area contributed by atoms with Gasteiger partial charge in [-0.05, 0) is 30.5 Å². The SMILES string of the molecule is CCC(F)COc1ccc(CN)cc1C. The van der Waals surface area contributed by atoms with Crippen LogP contribution in [0.5, 0.6) is 5.75 Å². The maximum atomic E-state index is 12.9. The molecule has 2 nitrogen and oxygen atoms in total. The van der Waals surface area contributed by atoms with Gasteiger partial charge in [0.1, 0.15) is 18.5 Å². The van der Waals surface area contributed by atoms with Gasteiger partial charge < -0.3 is 10.5 Å². The predicted molar refractivity (Wildman–Crippen MR) is 59.8 cm³/mol. The second kappa shape index (κ2) is 5.71. The van der Waals surface area contributed by atoms with Crippen molar-refractivity contribution in [3.8, 4) is 5.75 Å². The van der Waals surface area contributed by atoms with Crippen LogP contribution in [-0.2, 0) is 6.54 Å². The largest absolute Gasteiger partial charge is 0.490 e. The van der Waals surface area contributed by atoms with E-state index in [-0.39, 0.29) is 6.61 Å². The first-order valence-corrected chi connectivity index (χ1v) is 5.23. The van der Waals surface area contributed by atoms with Gasteiger partial charge in [-0.3, -0.25) is 0 Å². The van der Waals surface area contributed by atoms with Gasteiger partial charge in [0.2, 0.25) is 0 Å². The van der Waals surface area contributed by atoms with Gasteiger partial charge in [-0.2, -0.15) is 0 Å². The quantitative estimate of drug-likeness (QED) is 0.812. The van der Waals surface area contributed by atoms with Crippen molar-refractivity contribution in [3.05, 3.63) is 29.3 Å². The van der Waals surface area contributed by atoms with Crippen molar-refractivity contribution < 1.29 is 9.13 Å². The number of hydrogen-bond donors (Lipinski definition) is 1. The molecule has 1 atom stereocenters. The predicted octanol–water partition coefficient (Wildman–Crippen LogP) is 2.58. The summed E-state index contributed by atoms with van der Waals surface area (Å²) in [6.45, 7) is 4.38. The van der Waals surface area contributed by atoms with Gasteiger partial charge in [-0.1, -0.05) is 19.1 Å². The summed E-state index contributed by atoms with van der Waals surface area (Å²) in [7, 11) is 0. The van der Waals surface area contributed by atoms with Gasteiger partial charge in [0, 0.05) is 6.54 Å². The number of benzene rings is 1. The lowest BCUT2D eigenvalue weighted by atomic mass is 10.1. The fraction of sp³-hybridized carbons (Fsp3) is 0.500. The van der Waals surface area contributed by atoms with Crippen molar-refractivity contribution in [3.63, 3.8) is 0 Å². The molecule has 0 saturated carbocycles. The fourth-order valence-corrected chi connectivity index (χ4v) is 1.30. The molecule has 0 radical (unpaired) electrons. The van der Waals surface area contributed by atoms with Crippen LogP contribution in [0.2, 0.25) is 0 Å². The molecule has 2 N–H and O–H groups in total. The summed E-state index contributed by atoms with van der Waals surface area (Å²) in [6.07, 6.45) is -0.404. The van der Waals surface area contributed by atoms with Crippen LogP contribution in [0, 0.1) is 6.92 Å². The third kappa shape index (κ3) is 3.51. The van der Waals surface area contributed by atoms with Gasteiger partial charge in [0.15, 0.2) is 0 Å². The smallest absolute Gasteiger partial charge is 0.134 e. The zero-order valence-corrected chi connectivity index (χ0v) is 9.29. The van der Waals surface area contributed by atoms with E-state index in [1.165, 1.54) is 0 Å². The molecular weight excluding hydrogens is 193 g/mol. The number of ether oxygens (including phenoxy) is 1. The summed E-state index contributed by atoms with van der Waals surface area (Å²) in [6, 6.07) is 5.72. The Kier molecular flexibility index (Phi) is 4.56. The zero-order valence-electron chi connectivity index (χ0n) is 9.29. The first-order chi connectivity index (χ1) is 7.17. The van der Waals surface area contributed by atoms with Gasteiger partial charge in [0.25, 0.3) is 0 Å². The molecule has 0 spiro atoms. The normalized spacial score (nSPS) is 12.5. The minimum atomic E-state index is -0.890. The lowest BCUT2D eigenvalue weighted by molar-refractivity contribution is 0.191. The number of rotatable bonds is 5. The second-order valence-electron chi connectivity index (χ2n) is 3.62. The van der Waals surface area contributed by atoms with Crippen LogP contribution in [0.1, 0.15) is 24.5 Å². The van der Waals surface area contributed by atoms with Crippen LogP contribution in [0.4, 0.5) is 4.39 Å². The van der Waals surface area contributed by atoms with Crippen LogP contribution in [0.15, 0.2) is 18.2 Å². The highest BCUT2D eigenvalue weighted by Crippen LogP contribution is 2.19. The number of halogens is 1. The molecule has 0 aliphatic carbocycles. The standard InChI is InChI=1S/C12H18FNO/c1-3-11(13)8-15-12-5-4-10(7-14)6-9(12)2/h4-6,11H,3,7-8,14H2,1-2H3. The van der Waals surface area contributed by atoms with E-state index >= 15 is 0 Å². The summed E-state index contributed by atoms with van der Waals surface area (Å²) in [5.74, 6) is 0.739. The fourth-order valence-electron chi connectivity index (χ4n) is 1.30. The second-order valence-corrected chi connectivity index (χ2v) is 3.62. The lowest BCUT2D eigenvalue weighted by Gasteiger charge is -2.11. The highest BCUT2D eigenvalue weighted by molar-refractivity contribution is 5.36. The van der Waals surface area contributed by atoms with E-state index in [2.05, 4.69) is 0 Å². The first-order valence-electron chi connectivity index (χ1n) is 5.23. The van der Waals surface area contributed by atoms with Crippen LogP contribution in [0.25, 0.3) is 0 Å². The van der Waals surface area contributed by atoms with E-state index in [1.807, 2.05) is 25.1 Å². The first kappa shape index (κ1) is 12.0. The highest BCUT2D eigenvalue weighted by atomic mass is 19.1. The van der Waals surface area contributed by atoms with E-state index in [0.29, 0.717) is 13.0 Å². The zero-order chi connectivity index (χ0) is 11.3. The number of nitrogens with two attached hydrogens (primary N) is 1. The Morgan fingerprint density at radius 2 is 2.20 bits per heavy atom. The average molecular weight is 211 g/mol. The summed E-state index contributed by atoms with van der Waals surface area (Å²) in [5, 5.41) is 0. The van der Waals surface area contributed by atoms with Crippen molar-refractivity contribution in [2.24, 2.45) is 5.73 Å². The molecule has 0 aromatic heterocycles. The Labute approximate surface area is 90.2 Å². The van der Waals surface area contributed by atoms with E-state index in [4.69, 9.17) is 10.5 Å². The summed E-state index contributed by atoms with van der Waals surface area (Å²) in [4.78, 5) is 0. The molecule has 0 amide bonds. The molecule has 0 aliphatic rings. The number of hydrogen-bond acceptors (Lipinski definition) is 2. The van der Waals surface area contributed by atoms with Crippen LogP contribution in [-0.4, -0.2) is 12.8 Å². The van der Waals surface area contributed by atoms with E-state index in [0.717, 1.165) is 16.9 Å². The molecule has 3 heteroatoms. The molecule has 0 heterocycles. The lowest BCUT2D eigenvalue weighted by Crippen LogP contribution is -2.12. The van der Waals surface area contributed by atoms with Gasteiger partial charge >= 0.3 is 0 Å². The van der Waals surface area contributed by atoms with Crippen molar-refractivity contribution in [2.75, 3.05) is 6.61 Å². The molecule has 1 unspecified atom stereocenters. The third-order valence-electron chi connectivity index (χ3n) is 2.34. The number of alkyl halides is 1. The minimum Gasteiger partial charge on any atom is -0.490 e. The van der Waals surface area contributed by atoms with Crippen molar-refractivity contribution in [2.45, 2.75) is 33.0 Å². The Balaban J connectivity index is 2.62. The minimum absolute atomic E-state index is 0.124.